The highest BCUT2D eigenvalue weighted by molar-refractivity contribution is 6.00. The van der Waals surface area contributed by atoms with Gasteiger partial charge in [0.1, 0.15) is 5.75 Å². The summed E-state index contributed by atoms with van der Waals surface area (Å²) >= 11 is 0. The van der Waals surface area contributed by atoms with Crippen molar-refractivity contribution in [3.05, 3.63) is 29.8 Å². The van der Waals surface area contributed by atoms with E-state index < -0.39 is 0 Å². The number of nitrogens with one attached hydrogen (secondary N) is 1. The van der Waals surface area contributed by atoms with Crippen LogP contribution in [0, 0.1) is 0 Å². The molecule has 1 aromatic rings. The highest BCUT2D eigenvalue weighted by atomic mass is 16.5. The molecule has 0 bridgehead atoms. The van der Waals surface area contributed by atoms with Crippen LogP contribution in [0.15, 0.2) is 24.3 Å². The van der Waals surface area contributed by atoms with E-state index in [1.807, 2.05) is 45.9 Å². The molecular weight excluding hydrogens is 214 g/mol. The van der Waals surface area contributed by atoms with Crippen LogP contribution < -0.4 is 10.1 Å². The maximum absolute atomic E-state index is 12.0. The van der Waals surface area contributed by atoms with Gasteiger partial charge in [-0.15, -0.1) is 0 Å². The minimum atomic E-state index is -0.0593. The molecule has 17 heavy (non-hydrogen) atoms. The second-order valence-corrected chi connectivity index (χ2v) is 4.96. The van der Waals surface area contributed by atoms with Gasteiger partial charge in [0, 0.05) is 5.54 Å². The monoisotopic (exact) mass is 235 g/mol. The number of ketones is 1. The van der Waals surface area contributed by atoms with Crippen molar-refractivity contribution in [2.24, 2.45) is 0 Å². The Labute approximate surface area is 103 Å². The third kappa shape index (κ3) is 4.57. The van der Waals surface area contributed by atoms with E-state index in [9.17, 15) is 4.79 Å². The Morgan fingerprint density at radius 1 is 1.29 bits per heavy atom. The number of hydrogen-bond donors (Lipinski definition) is 1. The molecule has 0 aliphatic rings. The van der Waals surface area contributed by atoms with E-state index in [0.717, 1.165) is 0 Å². The summed E-state index contributed by atoms with van der Waals surface area (Å²) in [4.78, 5) is 12.0. The summed E-state index contributed by atoms with van der Waals surface area (Å²) in [5.74, 6) is 0.722. The Kier molecular flexibility index (Phi) is 4.70. The fourth-order valence-electron chi connectivity index (χ4n) is 1.42. The zero-order chi connectivity index (χ0) is 12.9. The number of hydrogen-bond acceptors (Lipinski definition) is 3. The number of carbonyl (C=O) groups excluding carboxylic acids is 1. The van der Waals surface area contributed by atoms with Crippen LogP contribution in [0.5, 0.6) is 5.75 Å². The Morgan fingerprint density at radius 3 is 2.53 bits per heavy atom. The van der Waals surface area contributed by atoms with E-state index in [4.69, 9.17) is 4.74 Å². The van der Waals surface area contributed by atoms with Gasteiger partial charge >= 0.3 is 0 Å². The average molecular weight is 235 g/mol. The van der Waals surface area contributed by atoms with Crippen molar-refractivity contribution in [3.63, 3.8) is 0 Å². The third-order valence-electron chi connectivity index (χ3n) is 2.27. The van der Waals surface area contributed by atoms with Crippen molar-refractivity contribution in [2.75, 3.05) is 13.2 Å². The molecule has 0 aliphatic heterocycles. The SMILES string of the molecule is CCOc1ccccc1C(=O)CNC(C)(C)C. The lowest BCUT2D eigenvalue weighted by Gasteiger charge is -2.20. The highest BCUT2D eigenvalue weighted by Crippen LogP contribution is 2.18. The van der Waals surface area contributed by atoms with Crippen LogP contribution in [0.25, 0.3) is 0 Å². The van der Waals surface area contributed by atoms with Crippen molar-refractivity contribution in [1.29, 1.82) is 0 Å². The number of Topliss-reactive ketones (excluding diaryl/α,β-unsaturated/α-hetero) is 1. The van der Waals surface area contributed by atoms with Gasteiger partial charge in [0.05, 0.1) is 18.7 Å². The van der Waals surface area contributed by atoms with Crippen molar-refractivity contribution in [1.82, 2.24) is 5.32 Å². The Balaban J connectivity index is 2.74. The fourth-order valence-corrected chi connectivity index (χ4v) is 1.42. The quantitative estimate of drug-likeness (QED) is 0.797. The zero-order valence-electron chi connectivity index (χ0n) is 11.0. The van der Waals surface area contributed by atoms with Crippen LogP contribution in [-0.4, -0.2) is 24.5 Å². The Morgan fingerprint density at radius 2 is 1.94 bits per heavy atom. The van der Waals surface area contributed by atoms with Crippen molar-refractivity contribution >= 4 is 5.78 Å². The molecule has 0 saturated heterocycles. The van der Waals surface area contributed by atoms with E-state index in [0.29, 0.717) is 24.5 Å². The molecule has 0 atom stereocenters. The van der Waals surface area contributed by atoms with Crippen molar-refractivity contribution in [2.45, 2.75) is 33.2 Å². The molecule has 3 heteroatoms. The number of benzene rings is 1. The smallest absolute Gasteiger partial charge is 0.180 e. The third-order valence-corrected chi connectivity index (χ3v) is 2.27. The van der Waals surface area contributed by atoms with Gasteiger partial charge in [0.25, 0.3) is 0 Å². The van der Waals surface area contributed by atoms with Gasteiger partial charge in [-0.1, -0.05) is 12.1 Å². The topological polar surface area (TPSA) is 38.3 Å². The molecule has 1 N–H and O–H groups in total. The first kappa shape index (κ1) is 13.7. The Hall–Kier alpha value is -1.35. The van der Waals surface area contributed by atoms with Gasteiger partial charge in [0.2, 0.25) is 0 Å². The average Bonchev–Trinajstić information content (AvgIpc) is 2.26. The summed E-state index contributed by atoms with van der Waals surface area (Å²) in [5.41, 5.74) is 0.585. The van der Waals surface area contributed by atoms with Gasteiger partial charge in [-0.25, -0.2) is 0 Å². The van der Waals surface area contributed by atoms with Crippen LogP contribution in [0.1, 0.15) is 38.1 Å². The minimum Gasteiger partial charge on any atom is -0.493 e. The molecular formula is C14H21NO2. The number of carbonyl (C=O) groups is 1. The first-order chi connectivity index (χ1) is 7.94. The zero-order valence-corrected chi connectivity index (χ0v) is 11.0. The second-order valence-electron chi connectivity index (χ2n) is 4.96. The summed E-state index contributed by atoms with van der Waals surface area (Å²) < 4.78 is 5.44. The van der Waals surface area contributed by atoms with E-state index in [1.54, 1.807) is 6.07 Å². The lowest BCUT2D eigenvalue weighted by Crippen LogP contribution is -2.39. The van der Waals surface area contributed by atoms with Crippen LogP contribution in [0.2, 0.25) is 0 Å². The lowest BCUT2D eigenvalue weighted by molar-refractivity contribution is 0.0978. The summed E-state index contributed by atoms with van der Waals surface area (Å²) in [7, 11) is 0. The van der Waals surface area contributed by atoms with Gasteiger partial charge in [-0.2, -0.15) is 0 Å². The van der Waals surface area contributed by atoms with Crippen LogP contribution in [0.4, 0.5) is 0 Å². The van der Waals surface area contributed by atoms with Crippen LogP contribution >= 0.6 is 0 Å². The minimum absolute atomic E-state index is 0.0592. The maximum Gasteiger partial charge on any atom is 0.180 e. The van der Waals surface area contributed by atoms with E-state index in [1.165, 1.54) is 0 Å². The van der Waals surface area contributed by atoms with E-state index in [-0.39, 0.29) is 11.3 Å². The molecule has 0 amide bonds. The number of rotatable bonds is 5. The van der Waals surface area contributed by atoms with Gasteiger partial charge < -0.3 is 10.1 Å². The molecule has 0 saturated carbocycles. The summed E-state index contributed by atoms with van der Waals surface area (Å²) in [6, 6.07) is 7.36. The van der Waals surface area contributed by atoms with Gasteiger partial charge in [-0.05, 0) is 39.8 Å². The first-order valence-electron chi connectivity index (χ1n) is 5.94. The number of ether oxygens (including phenoxy) is 1. The molecule has 1 rings (SSSR count). The predicted molar refractivity (Wildman–Crippen MR) is 69.7 cm³/mol. The lowest BCUT2D eigenvalue weighted by atomic mass is 10.1. The largest absolute Gasteiger partial charge is 0.493 e. The molecule has 94 valence electrons. The van der Waals surface area contributed by atoms with Gasteiger partial charge in [0.15, 0.2) is 5.78 Å². The summed E-state index contributed by atoms with van der Waals surface area (Å²) in [6.45, 7) is 8.91. The number of para-hydroxylation sites is 1. The van der Waals surface area contributed by atoms with Crippen LogP contribution in [0.3, 0.4) is 0 Å². The molecule has 0 heterocycles. The molecule has 3 nitrogen and oxygen atoms in total. The molecule has 0 radical (unpaired) electrons. The second kappa shape index (κ2) is 5.82. The summed E-state index contributed by atoms with van der Waals surface area (Å²) in [5, 5.41) is 3.18. The Bertz CT molecular complexity index is 380. The van der Waals surface area contributed by atoms with Gasteiger partial charge in [-0.3, -0.25) is 4.79 Å². The van der Waals surface area contributed by atoms with Crippen LogP contribution in [-0.2, 0) is 0 Å². The van der Waals surface area contributed by atoms with E-state index in [2.05, 4.69) is 5.32 Å². The predicted octanol–water partition coefficient (Wildman–Crippen LogP) is 2.66. The molecule has 0 unspecified atom stereocenters. The van der Waals surface area contributed by atoms with Crippen molar-refractivity contribution < 1.29 is 9.53 Å². The highest BCUT2D eigenvalue weighted by Gasteiger charge is 2.15. The molecule has 1 aromatic carbocycles. The molecule has 0 fully saturated rings. The maximum atomic E-state index is 12.0. The standard InChI is InChI=1S/C14H21NO2/c1-5-17-13-9-7-6-8-11(13)12(16)10-15-14(2,3)4/h6-9,15H,5,10H2,1-4H3. The first-order valence-corrected chi connectivity index (χ1v) is 5.94. The molecule has 0 aromatic heterocycles. The molecule has 0 aliphatic carbocycles. The summed E-state index contributed by atoms with van der Waals surface area (Å²) in [6.07, 6.45) is 0. The van der Waals surface area contributed by atoms with E-state index >= 15 is 0 Å². The molecule has 0 spiro atoms. The normalized spacial score (nSPS) is 11.3. The van der Waals surface area contributed by atoms with Crippen molar-refractivity contribution in [3.8, 4) is 5.75 Å². The fraction of sp³-hybridized carbons (Fsp3) is 0.500.